The molecular weight excluding hydrogens is 374 g/mol. The lowest BCUT2D eigenvalue weighted by atomic mass is 10.0. The first-order valence-electron chi connectivity index (χ1n) is 8.63. The number of urea groups is 1. The van der Waals surface area contributed by atoms with Gasteiger partial charge in [-0.1, -0.05) is 11.3 Å². The molecule has 1 aromatic carbocycles. The zero-order chi connectivity index (χ0) is 19.0. The molecule has 0 radical (unpaired) electrons. The summed E-state index contributed by atoms with van der Waals surface area (Å²) in [5.41, 5.74) is 0.404. The molecule has 0 spiro atoms. The summed E-state index contributed by atoms with van der Waals surface area (Å²) in [5, 5.41) is 15.4. The van der Waals surface area contributed by atoms with E-state index < -0.39 is 17.7 Å². The molecule has 1 fully saturated rings. The largest absolute Gasteiger partial charge is 0.343 e. The first kappa shape index (κ1) is 17.8. The molecule has 142 valence electrons. The molecular formula is C17H18F2N6OS. The van der Waals surface area contributed by atoms with E-state index in [1.807, 2.05) is 6.92 Å². The van der Waals surface area contributed by atoms with E-state index in [1.165, 1.54) is 28.5 Å². The number of halogens is 2. The van der Waals surface area contributed by atoms with Gasteiger partial charge in [-0.05, 0) is 24.6 Å². The number of carbonyl (C=O) groups excluding carboxylic acids is 1. The van der Waals surface area contributed by atoms with E-state index in [0.29, 0.717) is 38.2 Å². The zero-order valence-electron chi connectivity index (χ0n) is 14.7. The Morgan fingerprint density at radius 2 is 1.81 bits per heavy atom. The maximum Gasteiger partial charge on any atom is 0.341 e. The van der Waals surface area contributed by atoms with Gasteiger partial charge in [0, 0.05) is 44.9 Å². The van der Waals surface area contributed by atoms with Crippen LogP contribution in [0.3, 0.4) is 0 Å². The van der Waals surface area contributed by atoms with Crippen molar-refractivity contribution in [2.45, 2.75) is 19.4 Å². The minimum atomic E-state index is -0.662. The highest BCUT2D eigenvalue weighted by molar-refractivity contribution is 7.15. The number of nitrogens with zero attached hydrogens (tertiary/aromatic N) is 6. The van der Waals surface area contributed by atoms with E-state index in [4.69, 9.17) is 0 Å². The molecule has 1 aromatic heterocycles. The van der Waals surface area contributed by atoms with E-state index in [0.717, 1.165) is 16.2 Å². The minimum absolute atomic E-state index is 0.258. The SMILES string of the molecule is Cc1nnc(N2CCN(C(=O)N3N=CCC3c3cc(F)cc(F)c3)CC2)s1. The maximum atomic E-state index is 13.6. The smallest absolute Gasteiger partial charge is 0.341 e. The van der Waals surface area contributed by atoms with Gasteiger partial charge in [0.25, 0.3) is 0 Å². The highest BCUT2D eigenvalue weighted by Gasteiger charge is 2.33. The van der Waals surface area contributed by atoms with Crippen LogP contribution in [0.2, 0.25) is 0 Å². The molecule has 0 saturated carbocycles. The van der Waals surface area contributed by atoms with Crippen molar-refractivity contribution in [1.82, 2.24) is 20.1 Å². The lowest BCUT2D eigenvalue weighted by Gasteiger charge is -2.36. The quantitative estimate of drug-likeness (QED) is 0.788. The Kier molecular flexibility index (Phi) is 4.73. The summed E-state index contributed by atoms with van der Waals surface area (Å²) >= 11 is 1.52. The molecule has 0 aliphatic carbocycles. The van der Waals surface area contributed by atoms with Gasteiger partial charge in [0.05, 0.1) is 6.04 Å². The number of hydrogen-bond donors (Lipinski definition) is 0. The molecule has 2 amide bonds. The second kappa shape index (κ2) is 7.18. The van der Waals surface area contributed by atoms with Gasteiger partial charge >= 0.3 is 6.03 Å². The number of rotatable bonds is 2. The molecule has 3 heterocycles. The zero-order valence-corrected chi connectivity index (χ0v) is 15.5. The molecule has 0 N–H and O–H groups in total. The van der Waals surface area contributed by atoms with Gasteiger partial charge in [-0.25, -0.2) is 18.6 Å². The number of amides is 2. The average Bonchev–Trinajstić information content (AvgIpc) is 3.29. The fraction of sp³-hybridized carbons (Fsp3) is 0.412. The first-order valence-corrected chi connectivity index (χ1v) is 9.44. The summed E-state index contributed by atoms with van der Waals surface area (Å²) in [6.45, 7) is 4.25. The number of aromatic nitrogens is 2. The third kappa shape index (κ3) is 3.61. The van der Waals surface area contributed by atoms with Gasteiger partial charge in [0.2, 0.25) is 5.13 Å². The standard InChI is InChI=1S/C17H18F2N6OS/c1-11-21-22-16(27-11)23-4-6-24(7-5-23)17(26)25-15(2-3-20-25)12-8-13(18)10-14(19)9-12/h3,8-10,15H,2,4-7H2,1H3. The van der Waals surface area contributed by atoms with E-state index in [-0.39, 0.29) is 6.03 Å². The van der Waals surface area contributed by atoms with Crippen molar-refractivity contribution in [2.24, 2.45) is 5.10 Å². The van der Waals surface area contributed by atoms with Gasteiger partial charge in [0.15, 0.2) is 0 Å². The number of anilines is 1. The highest BCUT2D eigenvalue weighted by Crippen LogP contribution is 2.30. The van der Waals surface area contributed by atoms with Crippen LogP contribution in [0.1, 0.15) is 23.0 Å². The van der Waals surface area contributed by atoms with Crippen LogP contribution in [-0.4, -0.2) is 58.5 Å². The number of piperazine rings is 1. The van der Waals surface area contributed by atoms with Crippen molar-refractivity contribution >= 4 is 28.7 Å². The van der Waals surface area contributed by atoms with Crippen LogP contribution < -0.4 is 4.90 Å². The molecule has 7 nitrogen and oxygen atoms in total. The first-order chi connectivity index (χ1) is 13.0. The van der Waals surface area contributed by atoms with Crippen LogP contribution in [0.4, 0.5) is 18.7 Å². The van der Waals surface area contributed by atoms with E-state index >= 15 is 0 Å². The van der Waals surface area contributed by atoms with Crippen molar-refractivity contribution < 1.29 is 13.6 Å². The van der Waals surface area contributed by atoms with Crippen molar-refractivity contribution in [3.8, 4) is 0 Å². The van der Waals surface area contributed by atoms with Gasteiger partial charge in [-0.2, -0.15) is 5.10 Å². The molecule has 1 atom stereocenters. The summed E-state index contributed by atoms with van der Waals surface area (Å²) in [4.78, 5) is 16.7. The maximum absolute atomic E-state index is 13.6. The summed E-state index contributed by atoms with van der Waals surface area (Å²) in [7, 11) is 0. The van der Waals surface area contributed by atoms with Crippen LogP contribution in [-0.2, 0) is 0 Å². The molecule has 0 bridgehead atoms. The third-order valence-electron chi connectivity index (χ3n) is 4.63. The van der Waals surface area contributed by atoms with Gasteiger partial charge in [-0.3, -0.25) is 0 Å². The molecule has 4 rings (SSSR count). The van der Waals surface area contributed by atoms with Gasteiger partial charge < -0.3 is 9.80 Å². The fourth-order valence-electron chi connectivity index (χ4n) is 3.29. The second-order valence-corrected chi connectivity index (χ2v) is 7.62. The molecule has 2 aliphatic heterocycles. The van der Waals surface area contributed by atoms with Crippen molar-refractivity contribution in [3.63, 3.8) is 0 Å². The molecule has 10 heteroatoms. The normalized spacial score (nSPS) is 19.8. The Morgan fingerprint density at radius 3 is 2.44 bits per heavy atom. The van der Waals surface area contributed by atoms with Crippen LogP contribution in [0.25, 0.3) is 0 Å². The Balaban J connectivity index is 1.44. The van der Waals surface area contributed by atoms with Crippen molar-refractivity contribution in [1.29, 1.82) is 0 Å². The van der Waals surface area contributed by atoms with Crippen LogP contribution in [0, 0.1) is 18.6 Å². The lowest BCUT2D eigenvalue weighted by Crippen LogP contribution is -2.52. The van der Waals surface area contributed by atoms with Gasteiger partial charge in [-0.15, -0.1) is 10.2 Å². The Bertz CT molecular complexity index is 860. The summed E-state index contributed by atoms with van der Waals surface area (Å²) < 4.78 is 27.1. The summed E-state index contributed by atoms with van der Waals surface area (Å²) in [6.07, 6.45) is 2.03. The van der Waals surface area contributed by atoms with Crippen LogP contribution in [0.5, 0.6) is 0 Å². The molecule has 1 unspecified atom stereocenters. The number of carbonyl (C=O) groups is 1. The monoisotopic (exact) mass is 392 g/mol. The van der Waals surface area contributed by atoms with Crippen molar-refractivity contribution in [3.05, 3.63) is 40.4 Å². The second-order valence-electron chi connectivity index (χ2n) is 6.46. The Labute approximate surface area is 158 Å². The lowest BCUT2D eigenvalue weighted by molar-refractivity contribution is 0.139. The number of aryl methyl sites for hydroxylation is 1. The Morgan fingerprint density at radius 1 is 1.11 bits per heavy atom. The van der Waals surface area contributed by atoms with Crippen LogP contribution >= 0.6 is 11.3 Å². The number of hydrogen-bond acceptors (Lipinski definition) is 6. The molecule has 2 aliphatic rings. The highest BCUT2D eigenvalue weighted by atomic mass is 32.1. The average molecular weight is 392 g/mol. The van der Waals surface area contributed by atoms with Gasteiger partial charge in [0.1, 0.15) is 16.6 Å². The molecule has 2 aromatic rings. The predicted molar refractivity (Wildman–Crippen MR) is 97.9 cm³/mol. The summed E-state index contributed by atoms with van der Waals surface area (Å²) in [5.74, 6) is -1.32. The minimum Gasteiger partial charge on any atom is -0.343 e. The molecule has 27 heavy (non-hydrogen) atoms. The predicted octanol–water partition coefficient (Wildman–Crippen LogP) is 2.80. The van der Waals surface area contributed by atoms with Crippen LogP contribution in [0.15, 0.2) is 23.3 Å². The molecule has 1 saturated heterocycles. The summed E-state index contributed by atoms with van der Waals surface area (Å²) in [6, 6.07) is 2.56. The van der Waals surface area contributed by atoms with E-state index in [1.54, 1.807) is 11.1 Å². The fourth-order valence-corrected chi connectivity index (χ4v) is 4.03. The topological polar surface area (TPSA) is 64.9 Å². The Hall–Kier alpha value is -2.62. The number of hydrazone groups is 1. The number of benzene rings is 1. The third-order valence-corrected chi connectivity index (χ3v) is 5.53. The van der Waals surface area contributed by atoms with Crippen molar-refractivity contribution in [2.75, 3.05) is 31.1 Å². The van der Waals surface area contributed by atoms with E-state index in [2.05, 4.69) is 20.2 Å². The van der Waals surface area contributed by atoms with E-state index in [9.17, 15) is 13.6 Å².